The number of hydrogen-bond acceptors (Lipinski definition) is 5. The summed E-state index contributed by atoms with van der Waals surface area (Å²) in [5.41, 5.74) is 0.527. The first-order valence-electron chi connectivity index (χ1n) is 8.13. The van der Waals surface area contributed by atoms with Crippen LogP contribution in [0.4, 0.5) is 8.78 Å². The Bertz CT molecular complexity index is 1050. The Morgan fingerprint density at radius 3 is 2.40 bits per heavy atom. The fourth-order valence-corrected chi connectivity index (χ4v) is 1.97. The summed E-state index contributed by atoms with van der Waals surface area (Å²) in [6.07, 6.45) is 2.85. The third-order valence-corrected chi connectivity index (χ3v) is 3.30. The van der Waals surface area contributed by atoms with Gasteiger partial charge in [0.1, 0.15) is 0 Å². The van der Waals surface area contributed by atoms with Gasteiger partial charge in [-0.15, -0.1) is 12.1 Å². The van der Waals surface area contributed by atoms with Crippen LogP contribution in [0.1, 0.15) is 17.4 Å². The number of carboxylic acid groups (broad SMARTS) is 1. The second kappa shape index (κ2) is 11.6. The summed E-state index contributed by atoms with van der Waals surface area (Å²) in [4.78, 5) is 29.4. The molecule has 0 amide bonds. The van der Waals surface area contributed by atoms with Crippen molar-refractivity contribution in [3.8, 4) is 17.0 Å². The number of aromatic nitrogens is 2. The van der Waals surface area contributed by atoms with Crippen molar-refractivity contribution in [3.05, 3.63) is 90.4 Å². The van der Waals surface area contributed by atoms with Crippen LogP contribution in [-0.4, -0.2) is 27.0 Å². The van der Waals surface area contributed by atoms with E-state index >= 15 is 0 Å². The van der Waals surface area contributed by atoms with E-state index in [0.717, 1.165) is 12.1 Å². The molecule has 6 nitrogen and oxygen atoms in total. The zero-order valence-electron chi connectivity index (χ0n) is 15.6. The maximum atomic E-state index is 13.2. The number of aromatic carboxylic acids is 1. The fourth-order valence-electron chi connectivity index (χ4n) is 1.97. The number of esters is 1. The minimum atomic E-state index is -1.25. The van der Waals surface area contributed by atoms with Gasteiger partial charge in [-0.2, -0.15) is 0 Å². The van der Waals surface area contributed by atoms with Gasteiger partial charge < -0.3 is 14.8 Å². The number of nitrogens with zero attached hydrogens (tertiary/aromatic N) is 2. The maximum Gasteiger partial charge on any atom is 0.358 e. The van der Waals surface area contributed by atoms with Crippen molar-refractivity contribution >= 4 is 11.9 Å². The number of hydrogen-bond donors (Lipinski definition) is 1. The number of carbonyl (C=O) groups excluding carboxylic acids is 1. The first kappa shape index (κ1) is 24.7. The number of carboxylic acids is 1. The molecule has 0 atom stereocenters. The summed E-state index contributed by atoms with van der Waals surface area (Å²) >= 11 is 0. The number of ether oxygens (including phenoxy) is 1. The summed E-state index contributed by atoms with van der Waals surface area (Å²) in [6.45, 7) is 4.85. The minimum absolute atomic E-state index is 0. The molecule has 9 heteroatoms. The Hall–Kier alpha value is -3.29. The molecule has 157 valence electrons. The van der Waals surface area contributed by atoms with E-state index in [2.05, 4.69) is 22.6 Å². The normalized spacial score (nSPS) is 9.43. The summed E-state index contributed by atoms with van der Waals surface area (Å²) in [7, 11) is 0. The fraction of sp³-hybridized carbons (Fsp3) is 0.0476. The van der Waals surface area contributed by atoms with Crippen LogP contribution in [0.3, 0.4) is 0 Å². The van der Waals surface area contributed by atoms with Gasteiger partial charge >= 0.3 is 11.9 Å². The largest absolute Gasteiger partial charge is 0.476 e. The summed E-state index contributed by atoms with van der Waals surface area (Å²) in [6, 6.07) is 12.4. The molecule has 0 aliphatic heterocycles. The van der Waals surface area contributed by atoms with Gasteiger partial charge in [-0.05, 0) is 30.8 Å². The molecule has 0 fully saturated rings. The van der Waals surface area contributed by atoms with Crippen molar-refractivity contribution in [2.45, 2.75) is 6.92 Å². The van der Waals surface area contributed by atoms with Crippen LogP contribution < -0.4 is 4.74 Å². The average Bonchev–Trinajstić information content (AvgIpc) is 2.69. The minimum Gasteiger partial charge on any atom is -0.476 e. The predicted molar refractivity (Wildman–Crippen MR) is 100 cm³/mol. The van der Waals surface area contributed by atoms with Crippen LogP contribution in [0.2, 0.25) is 0 Å². The summed E-state index contributed by atoms with van der Waals surface area (Å²) in [5.74, 6) is -3.30. The first-order valence-corrected chi connectivity index (χ1v) is 8.13. The molecule has 2 heterocycles. The first-order chi connectivity index (χ1) is 13.8. The number of benzene rings is 1. The van der Waals surface area contributed by atoms with E-state index in [1.807, 2.05) is 0 Å². The van der Waals surface area contributed by atoms with E-state index in [-0.39, 0.29) is 42.7 Å². The van der Waals surface area contributed by atoms with Gasteiger partial charge in [0.2, 0.25) is 0 Å². The maximum absolute atomic E-state index is 13.2. The zero-order chi connectivity index (χ0) is 21.4. The van der Waals surface area contributed by atoms with Crippen LogP contribution in [0, 0.1) is 17.7 Å². The molecule has 0 spiro atoms. The van der Waals surface area contributed by atoms with Crippen molar-refractivity contribution in [1.82, 2.24) is 9.97 Å². The predicted octanol–water partition coefficient (Wildman–Crippen LogP) is 4.09. The average molecular weight is 590 g/mol. The number of rotatable bonds is 4. The van der Waals surface area contributed by atoms with Crippen molar-refractivity contribution in [1.29, 1.82) is 0 Å². The van der Waals surface area contributed by atoms with Crippen molar-refractivity contribution < 1.29 is 48.3 Å². The zero-order valence-corrected chi connectivity index (χ0v) is 18.0. The van der Waals surface area contributed by atoms with Crippen LogP contribution in [0.15, 0.2) is 67.0 Å². The molecule has 3 aromatic rings. The Labute approximate surface area is 184 Å². The van der Waals surface area contributed by atoms with Crippen LogP contribution in [0.25, 0.3) is 11.3 Å². The van der Waals surface area contributed by atoms with E-state index in [9.17, 15) is 18.4 Å². The molecular formula is C21H15F2IrN2O4-. The van der Waals surface area contributed by atoms with Crippen LogP contribution >= 0.6 is 0 Å². The van der Waals surface area contributed by atoms with Crippen molar-refractivity contribution in [3.63, 3.8) is 0 Å². The Balaban J connectivity index is 0.000000291. The SMILES string of the molecule is C=C(C)C(=O)Oc1cccnc1C(=O)O.Fc1c[c-]c(-c2ccccn2)c(F)c1.[Ir]. The molecule has 3 rings (SSSR count). The Kier molecular flexibility index (Phi) is 9.61. The summed E-state index contributed by atoms with van der Waals surface area (Å²) < 4.78 is 30.6. The van der Waals surface area contributed by atoms with E-state index in [0.29, 0.717) is 5.69 Å². The van der Waals surface area contributed by atoms with Gasteiger partial charge in [0, 0.05) is 49.7 Å². The van der Waals surface area contributed by atoms with E-state index < -0.39 is 23.6 Å². The number of carbonyl (C=O) groups is 2. The molecule has 0 unspecified atom stereocenters. The summed E-state index contributed by atoms with van der Waals surface area (Å²) in [5, 5.41) is 8.74. The van der Waals surface area contributed by atoms with Crippen molar-refractivity contribution in [2.75, 3.05) is 0 Å². The molecule has 0 saturated carbocycles. The number of halogens is 2. The Morgan fingerprint density at radius 2 is 1.83 bits per heavy atom. The van der Waals surface area contributed by atoms with E-state index in [1.165, 1.54) is 25.3 Å². The van der Waals surface area contributed by atoms with Gasteiger partial charge in [-0.3, -0.25) is 8.78 Å². The Morgan fingerprint density at radius 1 is 1.13 bits per heavy atom. The van der Waals surface area contributed by atoms with E-state index in [1.54, 1.807) is 24.4 Å². The number of pyridine rings is 2. The molecule has 1 aromatic carbocycles. The molecule has 30 heavy (non-hydrogen) atoms. The molecule has 1 radical (unpaired) electrons. The second-order valence-corrected chi connectivity index (χ2v) is 5.58. The topological polar surface area (TPSA) is 89.4 Å². The molecule has 0 saturated heterocycles. The van der Waals surface area contributed by atoms with Gasteiger partial charge in [-0.1, -0.05) is 30.3 Å². The standard InChI is InChI=1S/C11H6F2N.C10H9NO4.Ir/c12-8-4-5-9(10(13)7-8)11-3-1-2-6-14-11;1-6(2)10(14)15-7-4-3-5-11-8(7)9(12)13;/h1-4,6-7H;3-5H,1H2,2H3,(H,12,13);/q-1;;. The van der Waals surface area contributed by atoms with Crippen LogP contribution in [-0.2, 0) is 24.9 Å². The van der Waals surface area contributed by atoms with Gasteiger partial charge in [-0.25, -0.2) is 14.6 Å². The molecular weight excluding hydrogens is 574 g/mol. The molecule has 0 bridgehead atoms. The van der Waals surface area contributed by atoms with Gasteiger partial charge in [0.05, 0.1) is 0 Å². The quantitative estimate of drug-likeness (QED) is 0.280. The molecule has 2 aromatic heterocycles. The molecule has 1 N–H and O–H groups in total. The third-order valence-electron chi connectivity index (χ3n) is 3.30. The third kappa shape index (κ3) is 6.95. The van der Waals surface area contributed by atoms with Crippen molar-refractivity contribution in [2.24, 2.45) is 0 Å². The smallest absolute Gasteiger partial charge is 0.358 e. The van der Waals surface area contributed by atoms with Crippen LogP contribution in [0.5, 0.6) is 5.75 Å². The monoisotopic (exact) mass is 590 g/mol. The second-order valence-electron chi connectivity index (χ2n) is 5.58. The van der Waals surface area contributed by atoms with Gasteiger partial charge in [0.25, 0.3) is 0 Å². The molecule has 0 aliphatic carbocycles. The van der Waals surface area contributed by atoms with Gasteiger partial charge in [0.15, 0.2) is 11.4 Å². The molecule has 0 aliphatic rings. The van der Waals surface area contributed by atoms with E-state index in [4.69, 9.17) is 9.84 Å².